The lowest BCUT2D eigenvalue weighted by Gasteiger charge is -1.99. The molecular formula is C11H11NO. The van der Waals surface area contributed by atoms with Crippen molar-refractivity contribution in [3.63, 3.8) is 0 Å². The molecule has 0 bridgehead atoms. The third-order valence-electron chi connectivity index (χ3n) is 2.95. The zero-order valence-electron chi connectivity index (χ0n) is 7.50. The maximum atomic E-state index is 11.3. The Morgan fingerprint density at radius 2 is 2.15 bits per heavy atom. The predicted octanol–water partition coefficient (Wildman–Crippen LogP) is -0.106. The number of hydrogen-bond donors (Lipinski definition) is 1. The summed E-state index contributed by atoms with van der Waals surface area (Å²) in [5, 5.41) is 2.23. The third kappa shape index (κ3) is 0.981. The van der Waals surface area contributed by atoms with Crippen molar-refractivity contribution < 1.29 is 0 Å². The van der Waals surface area contributed by atoms with Crippen LogP contribution in [0.4, 0.5) is 0 Å². The van der Waals surface area contributed by atoms with E-state index < -0.39 is 0 Å². The predicted molar refractivity (Wildman–Crippen MR) is 51.6 cm³/mol. The average molecular weight is 173 g/mol. The summed E-state index contributed by atoms with van der Waals surface area (Å²) < 4.78 is 0. The van der Waals surface area contributed by atoms with E-state index in [9.17, 15) is 4.79 Å². The smallest absolute Gasteiger partial charge is 0.251 e. The summed E-state index contributed by atoms with van der Waals surface area (Å²) in [4.78, 5) is 14.2. The van der Waals surface area contributed by atoms with Crippen LogP contribution >= 0.6 is 0 Å². The van der Waals surface area contributed by atoms with Crippen LogP contribution in [0.3, 0.4) is 0 Å². The van der Waals surface area contributed by atoms with E-state index in [2.05, 4.69) is 17.1 Å². The first-order valence-electron chi connectivity index (χ1n) is 4.68. The minimum atomic E-state index is 0.0440. The monoisotopic (exact) mass is 173 g/mol. The van der Waals surface area contributed by atoms with Crippen LogP contribution in [0.1, 0.15) is 12.0 Å². The van der Waals surface area contributed by atoms with E-state index in [1.54, 1.807) is 0 Å². The van der Waals surface area contributed by atoms with Crippen molar-refractivity contribution >= 4 is 12.2 Å². The van der Waals surface area contributed by atoms with Crippen LogP contribution in [-0.4, -0.2) is 4.98 Å². The summed E-state index contributed by atoms with van der Waals surface area (Å²) in [6.07, 6.45) is 5.74. The van der Waals surface area contributed by atoms with Crippen LogP contribution in [0.15, 0.2) is 10.9 Å². The van der Waals surface area contributed by atoms with Crippen LogP contribution in [0.25, 0.3) is 12.2 Å². The maximum Gasteiger partial charge on any atom is 0.251 e. The minimum absolute atomic E-state index is 0.0440. The van der Waals surface area contributed by atoms with Crippen LogP contribution in [0.5, 0.6) is 0 Å². The van der Waals surface area contributed by atoms with Gasteiger partial charge in [0.15, 0.2) is 0 Å². The molecule has 2 aliphatic rings. The molecule has 0 amide bonds. The van der Waals surface area contributed by atoms with Crippen molar-refractivity contribution in [2.24, 2.45) is 11.8 Å². The van der Waals surface area contributed by atoms with Gasteiger partial charge in [0.1, 0.15) is 0 Å². The molecular weight excluding hydrogens is 162 g/mol. The van der Waals surface area contributed by atoms with E-state index in [0.29, 0.717) is 5.92 Å². The second-order valence-corrected chi connectivity index (χ2v) is 4.05. The second-order valence-electron chi connectivity index (χ2n) is 4.05. The van der Waals surface area contributed by atoms with Crippen molar-refractivity contribution in [2.45, 2.75) is 13.3 Å². The molecule has 2 unspecified atom stereocenters. The Morgan fingerprint density at radius 3 is 3.00 bits per heavy atom. The lowest BCUT2D eigenvalue weighted by molar-refractivity contribution is 1.01. The van der Waals surface area contributed by atoms with E-state index in [1.165, 1.54) is 11.6 Å². The van der Waals surface area contributed by atoms with Gasteiger partial charge in [-0.1, -0.05) is 12.2 Å². The van der Waals surface area contributed by atoms with E-state index in [1.807, 2.05) is 13.0 Å². The fraction of sp³-hybridized carbons (Fsp3) is 0.364. The summed E-state index contributed by atoms with van der Waals surface area (Å²) >= 11 is 0. The van der Waals surface area contributed by atoms with Crippen molar-refractivity contribution in [3.05, 3.63) is 32.6 Å². The van der Waals surface area contributed by atoms with Gasteiger partial charge in [-0.25, -0.2) is 0 Å². The molecule has 0 aromatic carbocycles. The van der Waals surface area contributed by atoms with Crippen LogP contribution in [-0.2, 0) is 0 Å². The van der Waals surface area contributed by atoms with Gasteiger partial charge in [-0.15, -0.1) is 0 Å². The number of pyridine rings is 1. The SMILES string of the molecule is Cc1cc2c([nH]c1=O)=CC1CC1C=2. The van der Waals surface area contributed by atoms with Crippen molar-refractivity contribution in [1.29, 1.82) is 0 Å². The Labute approximate surface area is 75.6 Å². The number of hydrogen-bond acceptors (Lipinski definition) is 1. The molecule has 0 aliphatic heterocycles. The van der Waals surface area contributed by atoms with Gasteiger partial charge in [0, 0.05) is 10.9 Å². The molecule has 0 saturated heterocycles. The van der Waals surface area contributed by atoms with E-state index in [0.717, 1.165) is 16.8 Å². The Hall–Kier alpha value is -1.31. The lowest BCUT2D eigenvalue weighted by Crippen LogP contribution is -2.36. The maximum absolute atomic E-state index is 11.3. The fourth-order valence-corrected chi connectivity index (χ4v) is 2.01. The normalized spacial score (nSPS) is 28.1. The first kappa shape index (κ1) is 7.13. The Morgan fingerprint density at radius 1 is 1.38 bits per heavy atom. The van der Waals surface area contributed by atoms with Gasteiger partial charge < -0.3 is 4.98 Å². The number of fused-ring (bicyclic) bond motifs is 2. The Balaban J connectivity index is 2.44. The van der Waals surface area contributed by atoms with Crippen molar-refractivity contribution in [1.82, 2.24) is 4.98 Å². The molecule has 1 heterocycles. The van der Waals surface area contributed by atoms with Crippen molar-refractivity contribution in [3.8, 4) is 0 Å². The first-order chi connectivity index (χ1) is 6.24. The Kier molecular flexibility index (Phi) is 1.17. The first-order valence-corrected chi connectivity index (χ1v) is 4.68. The molecule has 0 radical (unpaired) electrons. The molecule has 2 nitrogen and oxygen atoms in total. The van der Waals surface area contributed by atoms with Gasteiger partial charge in [-0.3, -0.25) is 4.79 Å². The molecule has 1 aromatic heterocycles. The van der Waals surface area contributed by atoms with Crippen LogP contribution < -0.4 is 16.1 Å². The van der Waals surface area contributed by atoms with E-state index >= 15 is 0 Å². The quantitative estimate of drug-likeness (QED) is 0.583. The van der Waals surface area contributed by atoms with Gasteiger partial charge in [0.25, 0.3) is 5.56 Å². The molecule has 0 spiro atoms. The highest BCUT2D eigenvalue weighted by molar-refractivity contribution is 5.48. The van der Waals surface area contributed by atoms with Gasteiger partial charge in [-0.05, 0) is 36.5 Å². The van der Waals surface area contributed by atoms with E-state index in [4.69, 9.17) is 0 Å². The van der Waals surface area contributed by atoms with Gasteiger partial charge in [-0.2, -0.15) is 0 Å². The summed E-state index contributed by atoms with van der Waals surface area (Å²) in [5.41, 5.74) is 0.852. The highest BCUT2D eigenvalue weighted by Crippen LogP contribution is 2.41. The number of aromatic nitrogens is 1. The number of rotatable bonds is 0. The average Bonchev–Trinajstić information content (AvgIpc) is 2.80. The second kappa shape index (κ2) is 2.13. The zero-order chi connectivity index (χ0) is 9.00. The van der Waals surface area contributed by atoms with Gasteiger partial charge in [0.05, 0.1) is 0 Å². The third-order valence-corrected chi connectivity index (χ3v) is 2.95. The highest BCUT2D eigenvalue weighted by Gasteiger charge is 2.34. The minimum Gasteiger partial charge on any atom is -0.322 e. The molecule has 1 aromatic rings. The molecule has 13 heavy (non-hydrogen) atoms. The number of H-pyrrole nitrogens is 1. The van der Waals surface area contributed by atoms with E-state index in [-0.39, 0.29) is 5.56 Å². The number of nitrogens with one attached hydrogen (secondary N) is 1. The summed E-state index contributed by atoms with van der Waals surface area (Å²) in [5.74, 6) is 1.45. The molecule has 2 heteroatoms. The molecule has 1 fully saturated rings. The lowest BCUT2D eigenvalue weighted by atomic mass is 10.1. The van der Waals surface area contributed by atoms with Gasteiger partial charge >= 0.3 is 0 Å². The molecule has 2 atom stereocenters. The van der Waals surface area contributed by atoms with Gasteiger partial charge in [0.2, 0.25) is 0 Å². The summed E-state index contributed by atoms with van der Waals surface area (Å²) in [7, 11) is 0. The summed E-state index contributed by atoms with van der Waals surface area (Å²) in [6.45, 7) is 1.85. The zero-order valence-corrected chi connectivity index (χ0v) is 7.50. The van der Waals surface area contributed by atoms with Crippen LogP contribution in [0.2, 0.25) is 0 Å². The fourth-order valence-electron chi connectivity index (χ4n) is 2.01. The molecule has 66 valence electrons. The standard InChI is InChI=1S/C11H11NO/c1-6-2-9-4-7-3-8(7)5-10(9)12-11(6)13/h2,4-5,7-8H,3H2,1H3,(H,12,13). The molecule has 3 rings (SSSR count). The molecule has 2 aliphatic carbocycles. The number of aryl methyl sites for hydroxylation is 1. The topological polar surface area (TPSA) is 32.9 Å². The number of aromatic amines is 1. The Bertz CT molecular complexity index is 538. The van der Waals surface area contributed by atoms with Crippen molar-refractivity contribution in [2.75, 3.05) is 0 Å². The largest absolute Gasteiger partial charge is 0.322 e. The van der Waals surface area contributed by atoms with Crippen LogP contribution in [0, 0.1) is 18.8 Å². The molecule has 1 N–H and O–H groups in total. The summed E-state index contributed by atoms with van der Waals surface area (Å²) in [6, 6.07) is 1.99. The molecule has 1 saturated carbocycles. The highest BCUT2D eigenvalue weighted by atomic mass is 16.1.